The maximum Gasteiger partial charge on any atom is 0.323 e. The first-order chi connectivity index (χ1) is 9.56. The number of carbonyl (C=O) groups is 1. The lowest BCUT2D eigenvalue weighted by atomic mass is 10.3. The lowest BCUT2D eigenvalue weighted by Gasteiger charge is -2.21. The molecule has 20 heavy (non-hydrogen) atoms. The molecular formula is C13H23N5O2. The molecule has 0 saturated carbocycles. The van der Waals surface area contributed by atoms with Crippen LogP contribution in [0.15, 0.2) is 6.07 Å². The molecular weight excluding hydrogens is 258 g/mol. The molecule has 0 aliphatic heterocycles. The summed E-state index contributed by atoms with van der Waals surface area (Å²) in [6, 6.07) is 1.74. The highest BCUT2D eigenvalue weighted by molar-refractivity contribution is 5.73. The molecule has 112 valence electrons. The van der Waals surface area contributed by atoms with E-state index < -0.39 is 5.97 Å². The van der Waals surface area contributed by atoms with Gasteiger partial charge in [-0.25, -0.2) is 0 Å². The number of aromatic nitrogens is 2. The number of nitrogens with zero attached hydrogens (tertiary/aromatic N) is 3. The normalized spacial score (nSPS) is 10.3. The second-order valence-electron chi connectivity index (χ2n) is 4.57. The van der Waals surface area contributed by atoms with Gasteiger partial charge in [-0.1, -0.05) is 20.3 Å². The molecule has 0 atom stereocenters. The van der Waals surface area contributed by atoms with E-state index in [1.54, 1.807) is 11.0 Å². The summed E-state index contributed by atoms with van der Waals surface area (Å²) in [4.78, 5) is 20.8. The molecule has 0 bridgehead atoms. The summed E-state index contributed by atoms with van der Waals surface area (Å²) in [7, 11) is 0. The van der Waals surface area contributed by atoms with E-state index >= 15 is 0 Å². The summed E-state index contributed by atoms with van der Waals surface area (Å²) in [5.41, 5.74) is 5.69. The van der Waals surface area contributed by atoms with E-state index in [9.17, 15) is 4.79 Å². The Balaban J connectivity index is 2.87. The van der Waals surface area contributed by atoms with E-state index in [0.29, 0.717) is 18.2 Å². The largest absolute Gasteiger partial charge is 0.480 e. The zero-order valence-corrected chi connectivity index (χ0v) is 12.1. The molecule has 1 heterocycles. The van der Waals surface area contributed by atoms with Gasteiger partial charge >= 0.3 is 5.97 Å². The fourth-order valence-corrected chi connectivity index (χ4v) is 1.81. The molecule has 0 radical (unpaired) electrons. The van der Waals surface area contributed by atoms with Gasteiger partial charge in [0.2, 0.25) is 5.95 Å². The lowest BCUT2D eigenvalue weighted by Crippen LogP contribution is -2.31. The maximum atomic E-state index is 10.9. The molecule has 0 fully saturated rings. The number of anilines is 3. The van der Waals surface area contributed by atoms with Crippen LogP contribution in [0, 0.1) is 0 Å². The summed E-state index contributed by atoms with van der Waals surface area (Å²) in [6.07, 6.45) is 2.95. The van der Waals surface area contributed by atoms with Crippen LogP contribution < -0.4 is 16.0 Å². The van der Waals surface area contributed by atoms with E-state index in [0.717, 1.165) is 25.8 Å². The summed E-state index contributed by atoms with van der Waals surface area (Å²) in [5, 5.41) is 12.1. The van der Waals surface area contributed by atoms with Crippen molar-refractivity contribution < 1.29 is 9.90 Å². The molecule has 0 aromatic carbocycles. The quantitative estimate of drug-likeness (QED) is 0.590. The molecule has 7 nitrogen and oxygen atoms in total. The minimum atomic E-state index is -0.892. The third-order valence-electron chi connectivity index (χ3n) is 2.71. The predicted molar refractivity (Wildman–Crippen MR) is 80.0 cm³/mol. The van der Waals surface area contributed by atoms with Crippen molar-refractivity contribution >= 4 is 23.6 Å². The molecule has 7 heteroatoms. The van der Waals surface area contributed by atoms with Crippen molar-refractivity contribution in [1.29, 1.82) is 0 Å². The average molecular weight is 281 g/mol. The average Bonchev–Trinajstić information content (AvgIpc) is 2.37. The topological polar surface area (TPSA) is 104 Å². The number of carboxylic acids is 1. The highest BCUT2D eigenvalue weighted by atomic mass is 16.4. The standard InChI is InChI=1S/C13H23N5O2/c1-3-5-6-15-10-8-11(17-13(14)16-10)18(7-4-2)9-12(19)20/h8H,3-7,9H2,1-2H3,(H,19,20)(H3,14,15,16,17). The van der Waals surface area contributed by atoms with Gasteiger partial charge in [-0.15, -0.1) is 0 Å². The number of aliphatic carboxylic acids is 1. The number of carboxylic acid groups (broad SMARTS) is 1. The number of rotatable bonds is 9. The molecule has 0 aliphatic carbocycles. The highest BCUT2D eigenvalue weighted by Gasteiger charge is 2.13. The fourth-order valence-electron chi connectivity index (χ4n) is 1.81. The van der Waals surface area contributed by atoms with Crippen molar-refractivity contribution in [2.75, 3.05) is 35.6 Å². The summed E-state index contributed by atoms with van der Waals surface area (Å²) < 4.78 is 0. The van der Waals surface area contributed by atoms with Gasteiger partial charge in [-0.05, 0) is 12.8 Å². The number of nitrogen functional groups attached to an aromatic ring is 1. The van der Waals surface area contributed by atoms with Crippen LogP contribution in [0.25, 0.3) is 0 Å². The molecule has 0 unspecified atom stereocenters. The fraction of sp³-hybridized carbons (Fsp3) is 0.615. The Bertz CT molecular complexity index is 439. The SMILES string of the molecule is CCCCNc1cc(N(CCC)CC(=O)O)nc(N)n1. The van der Waals surface area contributed by atoms with Gasteiger partial charge in [0.1, 0.15) is 18.2 Å². The van der Waals surface area contributed by atoms with E-state index in [2.05, 4.69) is 22.2 Å². The molecule has 1 rings (SSSR count). The summed E-state index contributed by atoms with van der Waals surface area (Å²) >= 11 is 0. The molecule has 0 spiro atoms. The van der Waals surface area contributed by atoms with Crippen LogP contribution >= 0.6 is 0 Å². The Hall–Kier alpha value is -2.05. The third-order valence-corrected chi connectivity index (χ3v) is 2.71. The summed E-state index contributed by atoms with van der Waals surface area (Å²) in [6.45, 7) is 5.41. The Kier molecular flexibility index (Phi) is 6.55. The van der Waals surface area contributed by atoms with Crippen LogP contribution in [0.5, 0.6) is 0 Å². The minimum absolute atomic E-state index is 0.0985. The number of nitrogens with one attached hydrogen (secondary N) is 1. The highest BCUT2D eigenvalue weighted by Crippen LogP contribution is 2.17. The van der Waals surface area contributed by atoms with Gasteiger partial charge in [0.15, 0.2) is 0 Å². The molecule has 1 aromatic rings. The van der Waals surface area contributed by atoms with E-state index in [1.165, 1.54) is 0 Å². The number of hydrogen-bond donors (Lipinski definition) is 3. The first-order valence-electron chi connectivity index (χ1n) is 6.92. The monoisotopic (exact) mass is 281 g/mol. The second-order valence-corrected chi connectivity index (χ2v) is 4.57. The zero-order valence-electron chi connectivity index (χ0n) is 12.1. The van der Waals surface area contributed by atoms with Crippen molar-refractivity contribution in [1.82, 2.24) is 9.97 Å². The number of hydrogen-bond acceptors (Lipinski definition) is 6. The first kappa shape index (κ1) is 16.0. The van der Waals surface area contributed by atoms with Gasteiger partial charge in [0.05, 0.1) is 0 Å². The van der Waals surface area contributed by atoms with Gasteiger partial charge in [-0.2, -0.15) is 9.97 Å². The van der Waals surface area contributed by atoms with Gasteiger partial charge in [0, 0.05) is 19.2 Å². The Morgan fingerprint density at radius 3 is 2.75 bits per heavy atom. The molecule has 4 N–H and O–H groups in total. The van der Waals surface area contributed by atoms with Crippen molar-refractivity contribution in [3.05, 3.63) is 6.07 Å². The molecule has 0 saturated heterocycles. The van der Waals surface area contributed by atoms with E-state index in [4.69, 9.17) is 10.8 Å². The second kappa shape index (κ2) is 8.19. The Morgan fingerprint density at radius 2 is 2.15 bits per heavy atom. The Morgan fingerprint density at radius 1 is 1.40 bits per heavy atom. The van der Waals surface area contributed by atoms with E-state index in [-0.39, 0.29) is 12.5 Å². The molecule has 0 aliphatic rings. The van der Waals surface area contributed by atoms with E-state index in [1.807, 2.05) is 6.92 Å². The molecule has 0 amide bonds. The van der Waals surface area contributed by atoms with Crippen LogP contribution in [-0.4, -0.2) is 40.7 Å². The minimum Gasteiger partial charge on any atom is -0.480 e. The van der Waals surface area contributed by atoms with Crippen LogP contribution in [0.2, 0.25) is 0 Å². The van der Waals surface area contributed by atoms with Crippen molar-refractivity contribution in [2.24, 2.45) is 0 Å². The Labute approximate surface area is 119 Å². The van der Waals surface area contributed by atoms with Gasteiger partial charge in [0.25, 0.3) is 0 Å². The smallest absolute Gasteiger partial charge is 0.323 e. The lowest BCUT2D eigenvalue weighted by molar-refractivity contribution is -0.135. The first-order valence-corrected chi connectivity index (χ1v) is 6.92. The third kappa shape index (κ3) is 5.29. The summed E-state index contributed by atoms with van der Waals surface area (Å²) in [5.74, 6) is 0.428. The molecule has 1 aromatic heterocycles. The zero-order chi connectivity index (χ0) is 15.0. The van der Waals surface area contributed by atoms with Crippen molar-refractivity contribution in [3.63, 3.8) is 0 Å². The van der Waals surface area contributed by atoms with Gasteiger partial charge in [-0.3, -0.25) is 4.79 Å². The van der Waals surface area contributed by atoms with Crippen molar-refractivity contribution in [2.45, 2.75) is 33.1 Å². The van der Waals surface area contributed by atoms with Crippen LogP contribution in [-0.2, 0) is 4.79 Å². The number of unbranched alkanes of at least 4 members (excludes halogenated alkanes) is 1. The van der Waals surface area contributed by atoms with Crippen LogP contribution in [0.4, 0.5) is 17.6 Å². The number of nitrogens with two attached hydrogens (primary N) is 1. The maximum absolute atomic E-state index is 10.9. The predicted octanol–water partition coefficient (Wildman–Crippen LogP) is 1.57. The van der Waals surface area contributed by atoms with Crippen molar-refractivity contribution in [3.8, 4) is 0 Å². The van der Waals surface area contributed by atoms with Crippen LogP contribution in [0.1, 0.15) is 33.1 Å². The van der Waals surface area contributed by atoms with Gasteiger partial charge < -0.3 is 21.1 Å². The van der Waals surface area contributed by atoms with Crippen LogP contribution in [0.3, 0.4) is 0 Å².